The Morgan fingerprint density at radius 2 is 2.05 bits per heavy atom. The van der Waals surface area contributed by atoms with Crippen molar-refractivity contribution in [2.24, 2.45) is 5.92 Å². The van der Waals surface area contributed by atoms with Gasteiger partial charge in [-0.25, -0.2) is 4.98 Å². The maximum Gasteiger partial charge on any atom is 0.225 e. The van der Waals surface area contributed by atoms with Crippen LogP contribution >= 0.6 is 0 Å². The highest BCUT2D eigenvalue weighted by atomic mass is 15.1. The highest BCUT2D eigenvalue weighted by molar-refractivity contribution is 5.90. The SMILES string of the molecule is CCCNc1nc(NC(C)CC2CC2)c2ccccc2n1. The summed E-state index contributed by atoms with van der Waals surface area (Å²) in [5, 5.41) is 7.97. The van der Waals surface area contributed by atoms with Crippen molar-refractivity contribution in [1.29, 1.82) is 0 Å². The standard InChI is InChI=1S/C17H24N4/c1-3-10-18-17-20-15-7-5-4-6-14(15)16(21-17)19-12(2)11-13-8-9-13/h4-7,12-13H,3,8-11H2,1-2H3,(H2,18,19,20,21). The lowest BCUT2D eigenvalue weighted by Gasteiger charge is -2.16. The van der Waals surface area contributed by atoms with E-state index >= 15 is 0 Å². The molecule has 1 aromatic heterocycles. The zero-order chi connectivity index (χ0) is 14.7. The summed E-state index contributed by atoms with van der Waals surface area (Å²) in [6.07, 6.45) is 5.08. The van der Waals surface area contributed by atoms with Crippen LogP contribution in [0, 0.1) is 5.92 Å². The summed E-state index contributed by atoms with van der Waals surface area (Å²) < 4.78 is 0. The zero-order valence-electron chi connectivity index (χ0n) is 12.9. The third kappa shape index (κ3) is 3.63. The highest BCUT2D eigenvalue weighted by Crippen LogP contribution is 2.34. The molecule has 4 heteroatoms. The molecule has 1 aliphatic rings. The van der Waals surface area contributed by atoms with E-state index < -0.39 is 0 Å². The van der Waals surface area contributed by atoms with Gasteiger partial charge in [0, 0.05) is 18.0 Å². The Bertz CT molecular complexity index is 607. The van der Waals surface area contributed by atoms with Gasteiger partial charge in [0.15, 0.2) is 0 Å². The van der Waals surface area contributed by atoms with Crippen LogP contribution < -0.4 is 10.6 Å². The number of anilines is 2. The minimum atomic E-state index is 0.454. The van der Waals surface area contributed by atoms with E-state index in [-0.39, 0.29) is 0 Å². The molecule has 0 amide bonds. The van der Waals surface area contributed by atoms with E-state index in [0.717, 1.165) is 41.6 Å². The summed E-state index contributed by atoms with van der Waals surface area (Å²) >= 11 is 0. The molecule has 1 unspecified atom stereocenters. The maximum atomic E-state index is 4.67. The quantitative estimate of drug-likeness (QED) is 0.805. The van der Waals surface area contributed by atoms with Gasteiger partial charge in [-0.2, -0.15) is 4.98 Å². The molecular formula is C17H24N4. The zero-order valence-corrected chi connectivity index (χ0v) is 12.9. The highest BCUT2D eigenvalue weighted by Gasteiger charge is 2.24. The van der Waals surface area contributed by atoms with E-state index in [1.807, 2.05) is 18.2 Å². The fraction of sp³-hybridized carbons (Fsp3) is 0.529. The largest absolute Gasteiger partial charge is 0.367 e. The minimum absolute atomic E-state index is 0.454. The molecule has 0 bridgehead atoms. The number of hydrogen-bond donors (Lipinski definition) is 2. The molecule has 1 aliphatic carbocycles. The van der Waals surface area contributed by atoms with Crippen LogP contribution in [0.2, 0.25) is 0 Å². The molecule has 0 aliphatic heterocycles. The first kappa shape index (κ1) is 14.1. The third-order valence-corrected chi connectivity index (χ3v) is 3.90. The summed E-state index contributed by atoms with van der Waals surface area (Å²) in [4.78, 5) is 9.26. The van der Waals surface area contributed by atoms with Gasteiger partial charge in [0.2, 0.25) is 5.95 Å². The van der Waals surface area contributed by atoms with Gasteiger partial charge in [0.1, 0.15) is 5.82 Å². The van der Waals surface area contributed by atoms with Gasteiger partial charge in [-0.3, -0.25) is 0 Å². The molecule has 0 saturated heterocycles. The van der Waals surface area contributed by atoms with Gasteiger partial charge in [0.25, 0.3) is 0 Å². The second kappa shape index (κ2) is 6.29. The molecule has 1 fully saturated rings. The topological polar surface area (TPSA) is 49.8 Å². The van der Waals surface area contributed by atoms with E-state index in [9.17, 15) is 0 Å². The normalized spacial score (nSPS) is 15.9. The van der Waals surface area contributed by atoms with Gasteiger partial charge in [0.05, 0.1) is 5.52 Å². The number of nitrogens with zero attached hydrogens (tertiary/aromatic N) is 2. The summed E-state index contributed by atoms with van der Waals surface area (Å²) in [6, 6.07) is 8.66. The van der Waals surface area contributed by atoms with Crippen molar-refractivity contribution in [3.05, 3.63) is 24.3 Å². The molecule has 21 heavy (non-hydrogen) atoms. The molecular weight excluding hydrogens is 260 g/mol. The maximum absolute atomic E-state index is 4.67. The predicted octanol–water partition coefficient (Wildman–Crippen LogP) is 4.05. The van der Waals surface area contributed by atoms with E-state index in [4.69, 9.17) is 0 Å². The first-order valence-electron chi connectivity index (χ1n) is 8.03. The Morgan fingerprint density at radius 1 is 1.24 bits per heavy atom. The third-order valence-electron chi connectivity index (χ3n) is 3.90. The number of benzene rings is 1. The van der Waals surface area contributed by atoms with Crippen molar-refractivity contribution in [2.75, 3.05) is 17.2 Å². The molecule has 0 radical (unpaired) electrons. The number of rotatable bonds is 7. The summed E-state index contributed by atoms with van der Waals surface area (Å²) in [7, 11) is 0. The molecule has 1 aromatic carbocycles. The Balaban J connectivity index is 1.85. The molecule has 2 aromatic rings. The lowest BCUT2D eigenvalue weighted by Crippen LogP contribution is -2.18. The van der Waals surface area contributed by atoms with Crippen molar-refractivity contribution in [2.45, 2.75) is 45.6 Å². The molecule has 1 heterocycles. The smallest absolute Gasteiger partial charge is 0.225 e. The van der Waals surface area contributed by atoms with Crippen LogP contribution in [0.5, 0.6) is 0 Å². The van der Waals surface area contributed by atoms with Crippen LogP contribution in [0.1, 0.15) is 39.5 Å². The average Bonchev–Trinajstić information content (AvgIpc) is 3.29. The molecule has 2 N–H and O–H groups in total. The molecule has 4 nitrogen and oxygen atoms in total. The fourth-order valence-electron chi connectivity index (χ4n) is 2.65. The van der Waals surface area contributed by atoms with Crippen LogP contribution in [0.4, 0.5) is 11.8 Å². The minimum Gasteiger partial charge on any atom is -0.367 e. The first-order valence-corrected chi connectivity index (χ1v) is 8.03. The molecule has 112 valence electrons. The Labute approximate surface area is 126 Å². The van der Waals surface area contributed by atoms with E-state index in [1.165, 1.54) is 19.3 Å². The second-order valence-electron chi connectivity index (χ2n) is 6.06. The van der Waals surface area contributed by atoms with Crippen molar-refractivity contribution >= 4 is 22.7 Å². The van der Waals surface area contributed by atoms with Crippen LogP contribution in [0.3, 0.4) is 0 Å². The average molecular weight is 284 g/mol. The van der Waals surface area contributed by atoms with Crippen LogP contribution in [0.15, 0.2) is 24.3 Å². The Morgan fingerprint density at radius 3 is 2.81 bits per heavy atom. The van der Waals surface area contributed by atoms with Gasteiger partial charge in [-0.1, -0.05) is 31.9 Å². The molecule has 0 spiro atoms. The number of para-hydroxylation sites is 1. The van der Waals surface area contributed by atoms with Gasteiger partial charge in [-0.15, -0.1) is 0 Å². The lowest BCUT2D eigenvalue weighted by atomic mass is 10.1. The molecule has 1 atom stereocenters. The summed E-state index contributed by atoms with van der Waals surface area (Å²) in [5.41, 5.74) is 0.993. The Hall–Kier alpha value is -1.84. The van der Waals surface area contributed by atoms with Crippen molar-refractivity contribution in [3.63, 3.8) is 0 Å². The number of fused-ring (bicyclic) bond motifs is 1. The monoisotopic (exact) mass is 284 g/mol. The van der Waals surface area contributed by atoms with Crippen molar-refractivity contribution in [1.82, 2.24) is 9.97 Å². The Kier molecular flexibility index (Phi) is 4.23. The first-order chi connectivity index (χ1) is 10.3. The van der Waals surface area contributed by atoms with Gasteiger partial charge < -0.3 is 10.6 Å². The van der Waals surface area contributed by atoms with Crippen LogP contribution in [0.25, 0.3) is 10.9 Å². The van der Waals surface area contributed by atoms with Gasteiger partial charge in [-0.05, 0) is 37.8 Å². The molecule has 1 saturated carbocycles. The van der Waals surface area contributed by atoms with Crippen molar-refractivity contribution in [3.8, 4) is 0 Å². The van der Waals surface area contributed by atoms with E-state index in [2.05, 4.69) is 40.5 Å². The number of aromatic nitrogens is 2. The molecule has 3 rings (SSSR count). The van der Waals surface area contributed by atoms with Gasteiger partial charge >= 0.3 is 0 Å². The lowest BCUT2D eigenvalue weighted by molar-refractivity contribution is 0.640. The number of hydrogen-bond acceptors (Lipinski definition) is 4. The van der Waals surface area contributed by atoms with E-state index in [0.29, 0.717) is 6.04 Å². The van der Waals surface area contributed by atoms with Crippen LogP contribution in [-0.4, -0.2) is 22.6 Å². The predicted molar refractivity (Wildman–Crippen MR) is 88.7 cm³/mol. The second-order valence-corrected chi connectivity index (χ2v) is 6.06. The summed E-state index contributed by atoms with van der Waals surface area (Å²) in [6.45, 7) is 5.29. The fourth-order valence-corrected chi connectivity index (χ4v) is 2.65. The van der Waals surface area contributed by atoms with Crippen molar-refractivity contribution < 1.29 is 0 Å². The number of nitrogens with one attached hydrogen (secondary N) is 2. The van der Waals surface area contributed by atoms with E-state index in [1.54, 1.807) is 0 Å². The summed E-state index contributed by atoms with van der Waals surface area (Å²) in [5.74, 6) is 2.59. The van der Waals surface area contributed by atoms with Crippen LogP contribution in [-0.2, 0) is 0 Å².